The summed E-state index contributed by atoms with van der Waals surface area (Å²) < 4.78 is 13.6. The molecular weight excluding hydrogens is 193 g/mol. The highest BCUT2D eigenvalue weighted by atomic mass is 19.1. The Morgan fingerprint density at radius 2 is 2.13 bits per heavy atom. The van der Waals surface area contributed by atoms with Crippen molar-refractivity contribution in [2.45, 2.75) is 6.92 Å². The summed E-state index contributed by atoms with van der Waals surface area (Å²) in [6.45, 7) is 1.84. The highest BCUT2D eigenvalue weighted by Gasteiger charge is 2.09. The number of aryl methyl sites for hydroxylation is 1. The summed E-state index contributed by atoms with van der Waals surface area (Å²) >= 11 is 0. The molecular formula is C11H12FN3. The van der Waals surface area contributed by atoms with Gasteiger partial charge in [-0.1, -0.05) is 0 Å². The first-order valence-corrected chi connectivity index (χ1v) is 4.65. The standard InChI is InChI=1S/C11H12FN3/c1-6-3-7-10(8(12)4-6)15-5-9(13)11(7)14-2/h3-5H,13H2,1-2H3,(H,14,15). The minimum absolute atomic E-state index is 0.318. The number of nitrogens with one attached hydrogen (secondary N) is 1. The molecule has 0 unspecified atom stereocenters. The van der Waals surface area contributed by atoms with Crippen LogP contribution in [0.2, 0.25) is 0 Å². The lowest BCUT2D eigenvalue weighted by atomic mass is 10.1. The van der Waals surface area contributed by atoms with E-state index in [0.717, 1.165) is 16.6 Å². The lowest BCUT2D eigenvalue weighted by Gasteiger charge is -2.09. The second kappa shape index (κ2) is 3.38. The average Bonchev–Trinajstić information content (AvgIpc) is 2.17. The summed E-state index contributed by atoms with van der Waals surface area (Å²) in [6.07, 6.45) is 1.46. The Morgan fingerprint density at radius 3 is 2.80 bits per heavy atom. The first-order chi connectivity index (χ1) is 7.13. The Labute approximate surface area is 87.1 Å². The van der Waals surface area contributed by atoms with Crippen molar-refractivity contribution < 1.29 is 4.39 Å². The number of anilines is 2. The topological polar surface area (TPSA) is 50.9 Å². The average molecular weight is 205 g/mol. The molecule has 0 fully saturated rings. The molecule has 0 aliphatic heterocycles. The molecule has 0 aliphatic carbocycles. The van der Waals surface area contributed by atoms with Gasteiger partial charge in [0.1, 0.15) is 11.3 Å². The van der Waals surface area contributed by atoms with Gasteiger partial charge in [0.15, 0.2) is 0 Å². The third kappa shape index (κ3) is 1.48. The van der Waals surface area contributed by atoms with Crippen molar-refractivity contribution in [2.75, 3.05) is 18.1 Å². The molecule has 2 rings (SSSR count). The van der Waals surface area contributed by atoms with E-state index in [1.54, 1.807) is 7.05 Å². The van der Waals surface area contributed by atoms with Crippen molar-refractivity contribution in [3.8, 4) is 0 Å². The van der Waals surface area contributed by atoms with E-state index in [0.29, 0.717) is 11.2 Å². The van der Waals surface area contributed by atoms with Gasteiger partial charge >= 0.3 is 0 Å². The van der Waals surface area contributed by atoms with Crippen molar-refractivity contribution in [1.82, 2.24) is 4.98 Å². The lowest BCUT2D eigenvalue weighted by molar-refractivity contribution is 0.636. The second-order valence-electron chi connectivity index (χ2n) is 3.48. The maximum atomic E-state index is 13.6. The van der Waals surface area contributed by atoms with Crippen molar-refractivity contribution >= 4 is 22.3 Å². The van der Waals surface area contributed by atoms with Crippen LogP contribution < -0.4 is 11.1 Å². The SMILES string of the molecule is CNc1c(N)cnc2c(F)cc(C)cc12. The van der Waals surface area contributed by atoms with E-state index in [4.69, 9.17) is 5.73 Å². The number of fused-ring (bicyclic) bond motifs is 1. The van der Waals surface area contributed by atoms with Gasteiger partial charge in [0.25, 0.3) is 0 Å². The summed E-state index contributed by atoms with van der Waals surface area (Å²) in [5, 5.41) is 3.68. The fourth-order valence-corrected chi connectivity index (χ4v) is 1.69. The molecule has 1 heterocycles. The summed E-state index contributed by atoms with van der Waals surface area (Å²) in [4.78, 5) is 3.99. The second-order valence-corrected chi connectivity index (χ2v) is 3.48. The molecule has 1 aromatic heterocycles. The molecule has 78 valence electrons. The summed E-state index contributed by atoms with van der Waals surface area (Å²) in [5.41, 5.74) is 8.19. The number of halogens is 1. The predicted molar refractivity (Wildman–Crippen MR) is 60.4 cm³/mol. The maximum absolute atomic E-state index is 13.6. The zero-order chi connectivity index (χ0) is 11.0. The van der Waals surface area contributed by atoms with Gasteiger partial charge in [0, 0.05) is 12.4 Å². The van der Waals surface area contributed by atoms with Crippen molar-refractivity contribution in [2.24, 2.45) is 0 Å². The summed E-state index contributed by atoms with van der Waals surface area (Å²) in [6, 6.07) is 3.33. The number of pyridine rings is 1. The fourth-order valence-electron chi connectivity index (χ4n) is 1.69. The minimum atomic E-state index is -0.318. The zero-order valence-electron chi connectivity index (χ0n) is 8.63. The van der Waals surface area contributed by atoms with Gasteiger partial charge in [-0.3, -0.25) is 4.98 Å². The van der Waals surface area contributed by atoms with Crippen molar-refractivity contribution in [3.05, 3.63) is 29.7 Å². The van der Waals surface area contributed by atoms with Gasteiger partial charge in [-0.25, -0.2) is 4.39 Å². The van der Waals surface area contributed by atoms with Crippen molar-refractivity contribution in [3.63, 3.8) is 0 Å². The van der Waals surface area contributed by atoms with E-state index < -0.39 is 0 Å². The molecule has 0 bridgehead atoms. The molecule has 15 heavy (non-hydrogen) atoms. The molecule has 0 radical (unpaired) electrons. The molecule has 0 aliphatic rings. The van der Waals surface area contributed by atoms with Crippen LogP contribution in [0.5, 0.6) is 0 Å². The van der Waals surface area contributed by atoms with E-state index in [1.807, 2.05) is 13.0 Å². The van der Waals surface area contributed by atoms with E-state index in [9.17, 15) is 4.39 Å². The third-order valence-electron chi connectivity index (χ3n) is 2.35. The zero-order valence-corrected chi connectivity index (χ0v) is 8.63. The van der Waals surface area contributed by atoms with E-state index in [2.05, 4.69) is 10.3 Å². The number of benzene rings is 1. The number of nitrogens with two attached hydrogens (primary N) is 1. The van der Waals surface area contributed by atoms with Crippen LogP contribution in [-0.2, 0) is 0 Å². The number of nitrogens with zero attached hydrogens (tertiary/aromatic N) is 1. The Balaban J connectivity index is 2.91. The number of rotatable bonds is 1. The number of nitrogen functional groups attached to an aromatic ring is 1. The van der Waals surface area contributed by atoms with Crippen LogP contribution in [0.15, 0.2) is 18.3 Å². The molecule has 1 aromatic carbocycles. The highest BCUT2D eigenvalue weighted by molar-refractivity contribution is 5.97. The normalized spacial score (nSPS) is 10.6. The first kappa shape index (κ1) is 9.71. The molecule has 0 saturated carbocycles. The predicted octanol–water partition coefficient (Wildman–Crippen LogP) is 2.31. The molecule has 0 atom stereocenters. The number of aromatic nitrogens is 1. The van der Waals surface area contributed by atoms with Gasteiger partial charge in [-0.05, 0) is 24.6 Å². The van der Waals surface area contributed by atoms with Gasteiger partial charge < -0.3 is 11.1 Å². The minimum Gasteiger partial charge on any atom is -0.396 e. The first-order valence-electron chi connectivity index (χ1n) is 4.65. The number of hydrogen-bond donors (Lipinski definition) is 2. The Hall–Kier alpha value is -1.84. The Bertz CT molecular complexity index is 523. The van der Waals surface area contributed by atoms with Crippen LogP contribution in [0.25, 0.3) is 10.9 Å². The largest absolute Gasteiger partial charge is 0.396 e. The fraction of sp³-hybridized carbons (Fsp3) is 0.182. The Morgan fingerprint density at radius 1 is 1.40 bits per heavy atom. The Kier molecular flexibility index (Phi) is 2.19. The van der Waals surface area contributed by atoms with Crippen LogP contribution >= 0.6 is 0 Å². The van der Waals surface area contributed by atoms with Crippen LogP contribution in [0.3, 0.4) is 0 Å². The van der Waals surface area contributed by atoms with Gasteiger partial charge in [0.2, 0.25) is 0 Å². The third-order valence-corrected chi connectivity index (χ3v) is 2.35. The van der Waals surface area contributed by atoms with E-state index in [-0.39, 0.29) is 5.82 Å². The van der Waals surface area contributed by atoms with E-state index in [1.165, 1.54) is 12.3 Å². The van der Waals surface area contributed by atoms with E-state index >= 15 is 0 Å². The summed E-state index contributed by atoms with van der Waals surface area (Å²) in [5.74, 6) is -0.318. The molecule has 4 heteroatoms. The molecule has 0 amide bonds. The highest BCUT2D eigenvalue weighted by Crippen LogP contribution is 2.29. The smallest absolute Gasteiger partial charge is 0.149 e. The number of hydrogen-bond acceptors (Lipinski definition) is 3. The van der Waals surface area contributed by atoms with Crippen LogP contribution in [-0.4, -0.2) is 12.0 Å². The molecule has 3 nitrogen and oxygen atoms in total. The quantitative estimate of drug-likeness (QED) is 0.751. The molecule has 0 saturated heterocycles. The maximum Gasteiger partial charge on any atom is 0.149 e. The molecule has 2 aromatic rings. The van der Waals surface area contributed by atoms with Crippen LogP contribution in [0.4, 0.5) is 15.8 Å². The van der Waals surface area contributed by atoms with Crippen molar-refractivity contribution in [1.29, 1.82) is 0 Å². The molecule has 0 spiro atoms. The van der Waals surface area contributed by atoms with Gasteiger partial charge in [-0.2, -0.15) is 0 Å². The van der Waals surface area contributed by atoms with Crippen LogP contribution in [0, 0.1) is 12.7 Å². The monoisotopic (exact) mass is 205 g/mol. The van der Waals surface area contributed by atoms with Gasteiger partial charge in [-0.15, -0.1) is 0 Å². The van der Waals surface area contributed by atoms with Gasteiger partial charge in [0.05, 0.1) is 17.6 Å². The summed E-state index contributed by atoms with van der Waals surface area (Å²) in [7, 11) is 1.76. The molecule has 3 N–H and O–H groups in total. The van der Waals surface area contributed by atoms with Crippen LogP contribution in [0.1, 0.15) is 5.56 Å². The lowest BCUT2D eigenvalue weighted by Crippen LogP contribution is -1.99.